The molecule has 0 aliphatic heterocycles. The van der Waals surface area contributed by atoms with Crippen LogP contribution in [-0.4, -0.2) is 47.6 Å². The summed E-state index contributed by atoms with van der Waals surface area (Å²) in [5, 5.41) is 14.0. The lowest BCUT2D eigenvalue weighted by Gasteiger charge is -2.16. The molecule has 2 N–H and O–H groups in total. The summed E-state index contributed by atoms with van der Waals surface area (Å²) in [5.41, 5.74) is 2.10. The maximum absolute atomic E-state index is 12.9. The Kier molecular flexibility index (Phi) is 9.74. The molecule has 35 heavy (non-hydrogen) atoms. The summed E-state index contributed by atoms with van der Waals surface area (Å²) >= 11 is 2.44. The lowest BCUT2D eigenvalue weighted by atomic mass is 10.1. The molecule has 1 aromatic heterocycles. The van der Waals surface area contributed by atoms with E-state index in [4.69, 9.17) is 14.2 Å². The van der Waals surface area contributed by atoms with Gasteiger partial charge in [-0.15, -0.1) is 10.2 Å². The van der Waals surface area contributed by atoms with Gasteiger partial charge < -0.3 is 19.5 Å². The molecule has 0 radical (unpaired) electrons. The standard InChI is InChI=1S/C24H28N4O5S2/c1-5-31-18-12-16(13-19(32-6-2)21(18)33-7-3)22(30)26-23-27-28-24(35-23)34-14-20(29)25-17-11-9-8-10-15(17)4/h8-13H,5-7,14H2,1-4H3,(H,25,29)(H,26,27,30). The Balaban J connectivity index is 1.65. The monoisotopic (exact) mass is 516 g/mol. The van der Waals surface area contributed by atoms with Crippen molar-refractivity contribution in [2.24, 2.45) is 0 Å². The lowest BCUT2D eigenvalue weighted by molar-refractivity contribution is -0.113. The number of rotatable bonds is 12. The molecule has 186 valence electrons. The molecule has 0 bridgehead atoms. The van der Waals surface area contributed by atoms with Crippen LogP contribution in [0, 0.1) is 6.92 Å². The average Bonchev–Trinajstić information content (AvgIpc) is 3.28. The molecule has 2 aromatic carbocycles. The van der Waals surface area contributed by atoms with Crippen molar-refractivity contribution in [2.45, 2.75) is 32.0 Å². The molecule has 0 aliphatic rings. The Labute approximate surface area is 212 Å². The number of thioether (sulfide) groups is 1. The van der Waals surface area contributed by atoms with Gasteiger partial charge in [0.2, 0.25) is 16.8 Å². The molecule has 3 aromatic rings. The van der Waals surface area contributed by atoms with E-state index in [0.717, 1.165) is 11.3 Å². The van der Waals surface area contributed by atoms with Gasteiger partial charge in [-0.25, -0.2) is 0 Å². The van der Waals surface area contributed by atoms with Crippen LogP contribution in [-0.2, 0) is 4.79 Å². The van der Waals surface area contributed by atoms with Gasteiger partial charge in [-0.3, -0.25) is 14.9 Å². The first-order valence-corrected chi connectivity index (χ1v) is 12.9. The molecule has 3 rings (SSSR count). The molecule has 9 nitrogen and oxygen atoms in total. The van der Waals surface area contributed by atoms with Gasteiger partial charge in [0.05, 0.1) is 25.6 Å². The molecule has 11 heteroatoms. The van der Waals surface area contributed by atoms with E-state index < -0.39 is 0 Å². The number of benzene rings is 2. The Bertz CT molecular complexity index is 1140. The van der Waals surface area contributed by atoms with Crippen molar-refractivity contribution in [1.29, 1.82) is 0 Å². The topological polar surface area (TPSA) is 112 Å². The third-order valence-corrected chi connectivity index (χ3v) is 6.52. The Morgan fingerprint density at radius 1 is 0.943 bits per heavy atom. The first-order chi connectivity index (χ1) is 16.9. The maximum Gasteiger partial charge on any atom is 0.257 e. The summed E-state index contributed by atoms with van der Waals surface area (Å²) in [6, 6.07) is 10.8. The Hall–Kier alpha value is -3.31. The number of carbonyl (C=O) groups is 2. The van der Waals surface area contributed by atoms with Gasteiger partial charge in [-0.05, 0) is 51.5 Å². The van der Waals surface area contributed by atoms with Gasteiger partial charge in [0, 0.05) is 11.3 Å². The quantitative estimate of drug-likeness (QED) is 0.255. The van der Waals surface area contributed by atoms with Crippen LogP contribution in [0.25, 0.3) is 0 Å². The zero-order valence-electron chi connectivity index (χ0n) is 20.0. The van der Waals surface area contributed by atoms with E-state index in [1.807, 2.05) is 52.0 Å². The molecule has 0 atom stereocenters. The van der Waals surface area contributed by atoms with Crippen molar-refractivity contribution in [3.63, 3.8) is 0 Å². The van der Waals surface area contributed by atoms with E-state index in [1.54, 1.807) is 12.1 Å². The highest BCUT2D eigenvalue weighted by Crippen LogP contribution is 2.39. The van der Waals surface area contributed by atoms with Gasteiger partial charge in [0.25, 0.3) is 5.91 Å². The highest BCUT2D eigenvalue weighted by molar-refractivity contribution is 8.01. The number of ether oxygens (including phenoxy) is 3. The number of anilines is 2. The molecule has 2 amide bonds. The summed E-state index contributed by atoms with van der Waals surface area (Å²) in [5.74, 6) is 0.959. The third-order valence-electron chi connectivity index (χ3n) is 4.54. The van der Waals surface area contributed by atoms with Gasteiger partial charge in [-0.1, -0.05) is 41.3 Å². The fraction of sp³-hybridized carbons (Fsp3) is 0.333. The number of hydrogen-bond acceptors (Lipinski definition) is 9. The molecule has 0 saturated carbocycles. The van der Waals surface area contributed by atoms with E-state index in [1.165, 1.54) is 23.1 Å². The summed E-state index contributed by atoms with van der Waals surface area (Å²) in [4.78, 5) is 25.2. The second kappa shape index (κ2) is 13.0. The summed E-state index contributed by atoms with van der Waals surface area (Å²) in [6.07, 6.45) is 0. The molecule has 0 aliphatic carbocycles. The summed E-state index contributed by atoms with van der Waals surface area (Å²) in [7, 11) is 0. The smallest absolute Gasteiger partial charge is 0.257 e. The minimum atomic E-state index is -0.389. The number of para-hydroxylation sites is 1. The van der Waals surface area contributed by atoms with E-state index in [0.29, 0.717) is 52.1 Å². The Morgan fingerprint density at radius 3 is 2.23 bits per heavy atom. The Morgan fingerprint density at radius 2 is 1.60 bits per heavy atom. The number of aromatic nitrogens is 2. The first-order valence-electron chi connectivity index (χ1n) is 11.1. The summed E-state index contributed by atoms with van der Waals surface area (Å²) < 4.78 is 17.6. The summed E-state index contributed by atoms with van der Waals surface area (Å²) in [6.45, 7) is 8.75. The van der Waals surface area contributed by atoms with Crippen molar-refractivity contribution >= 4 is 45.7 Å². The van der Waals surface area contributed by atoms with Gasteiger partial charge >= 0.3 is 0 Å². The largest absolute Gasteiger partial charge is 0.490 e. The van der Waals surface area contributed by atoms with Crippen molar-refractivity contribution in [1.82, 2.24) is 10.2 Å². The van der Waals surface area contributed by atoms with E-state index >= 15 is 0 Å². The highest BCUT2D eigenvalue weighted by Gasteiger charge is 2.19. The second-order valence-corrected chi connectivity index (χ2v) is 9.28. The molecular formula is C24H28N4O5S2. The molecule has 0 fully saturated rings. The number of nitrogens with one attached hydrogen (secondary N) is 2. The van der Waals surface area contributed by atoms with Crippen LogP contribution in [0.15, 0.2) is 40.7 Å². The molecule has 0 spiro atoms. The van der Waals surface area contributed by atoms with Crippen molar-refractivity contribution in [3.8, 4) is 17.2 Å². The highest BCUT2D eigenvalue weighted by atomic mass is 32.2. The van der Waals surface area contributed by atoms with Crippen LogP contribution in [0.5, 0.6) is 17.2 Å². The van der Waals surface area contributed by atoms with Crippen LogP contribution in [0.1, 0.15) is 36.7 Å². The predicted molar refractivity (Wildman–Crippen MR) is 138 cm³/mol. The van der Waals surface area contributed by atoms with Crippen LogP contribution in [0.2, 0.25) is 0 Å². The maximum atomic E-state index is 12.9. The predicted octanol–water partition coefficient (Wildman–Crippen LogP) is 5.03. The minimum Gasteiger partial charge on any atom is -0.490 e. The zero-order chi connectivity index (χ0) is 25.2. The van der Waals surface area contributed by atoms with Crippen LogP contribution in [0.4, 0.5) is 10.8 Å². The fourth-order valence-corrected chi connectivity index (χ4v) is 4.58. The van der Waals surface area contributed by atoms with Crippen LogP contribution >= 0.6 is 23.1 Å². The van der Waals surface area contributed by atoms with Gasteiger partial charge in [0.15, 0.2) is 15.8 Å². The SMILES string of the molecule is CCOc1cc(C(=O)Nc2nnc(SCC(=O)Nc3ccccc3C)s2)cc(OCC)c1OCC. The molecule has 0 saturated heterocycles. The van der Waals surface area contributed by atoms with E-state index in [2.05, 4.69) is 20.8 Å². The lowest BCUT2D eigenvalue weighted by Crippen LogP contribution is -2.14. The normalized spacial score (nSPS) is 10.5. The third kappa shape index (κ3) is 7.33. The van der Waals surface area contributed by atoms with Gasteiger partial charge in [0.1, 0.15) is 0 Å². The van der Waals surface area contributed by atoms with Crippen LogP contribution in [0.3, 0.4) is 0 Å². The van der Waals surface area contributed by atoms with E-state index in [-0.39, 0.29) is 17.6 Å². The van der Waals surface area contributed by atoms with Crippen molar-refractivity contribution < 1.29 is 23.8 Å². The van der Waals surface area contributed by atoms with E-state index in [9.17, 15) is 9.59 Å². The van der Waals surface area contributed by atoms with Crippen molar-refractivity contribution in [3.05, 3.63) is 47.5 Å². The number of nitrogens with zero attached hydrogens (tertiary/aromatic N) is 2. The fourth-order valence-electron chi connectivity index (χ4n) is 3.03. The first kappa shape index (κ1) is 26.3. The average molecular weight is 517 g/mol. The minimum absolute atomic E-state index is 0.147. The van der Waals surface area contributed by atoms with Crippen LogP contribution < -0.4 is 24.8 Å². The number of carbonyl (C=O) groups excluding carboxylic acids is 2. The van der Waals surface area contributed by atoms with Gasteiger partial charge in [-0.2, -0.15) is 0 Å². The molecule has 0 unspecified atom stereocenters. The number of amides is 2. The second-order valence-electron chi connectivity index (χ2n) is 7.08. The number of hydrogen-bond donors (Lipinski definition) is 2. The van der Waals surface area contributed by atoms with Crippen molar-refractivity contribution in [2.75, 3.05) is 36.2 Å². The number of aryl methyl sites for hydroxylation is 1. The zero-order valence-corrected chi connectivity index (χ0v) is 21.7. The molecule has 1 heterocycles. The molecular weight excluding hydrogens is 488 g/mol.